The highest BCUT2D eigenvalue weighted by Crippen LogP contribution is 2.33. The highest BCUT2D eigenvalue weighted by atomic mass is 16.6. The van der Waals surface area contributed by atoms with Gasteiger partial charge in [0.25, 0.3) is 0 Å². The van der Waals surface area contributed by atoms with Gasteiger partial charge >= 0.3 is 6.09 Å². The molecule has 10 nitrogen and oxygen atoms in total. The van der Waals surface area contributed by atoms with Crippen molar-refractivity contribution in [1.82, 2.24) is 19.7 Å². The average Bonchev–Trinajstić information content (AvgIpc) is 3.42. The number of aromatic nitrogens is 3. The number of benzene rings is 2. The van der Waals surface area contributed by atoms with Crippen LogP contribution in [0.2, 0.25) is 0 Å². The number of nitrogens with one attached hydrogen (secondary N) is 1. The third kappa shape index (κ3) is 6.48. The summed E-state index contributed by atoms with van der Waals surface area (Å²) in [6, 6.07) is 12.2. The number of methoxy groups -OCH3 is 2. The van der Waals surface area contributed by atoms with E-state index in [0.29, 0.717) is 19.6 Å². The van der Waals surface area contributed by atoms with Crippen LogP contribution in [-0.2, 0) is 17.8 Å². The summed E-state index contributed by atoms with van der Waals surface area (Å²) in [5.41, 5.74) is 3.33. The highest BCUT2D eigenvalue weighted by molar-refractivity contribution is 6.09. The van der Waals surface area contributed by atoms with E-state index in [9.17, 15) is 4.79 Å². The second-order valence-corrected chi connectivity index (χ2v) is 11.7. The van der Waals surface area contributed by atoms with Crippen LogP contribution in [0.3, 0.4) is 0 Å². The second-order valence-electron chi connectivity index (χ2n) is 11.7. The number of aryl methyl sites for hydroxylation is 1. The van der Waals surface area contributed by atoms with Gasteiger partial charge < -0.3 is 29.3 Å². The quantitative estimate of drug-likeness (QED) is 0.257. The van der Waals surface area contributed by atoms with Gasteiger partial charge in [-0.15, -0.1) is 0 Å². The third-order valence-corrected chi connectivity index (χ3v) is 7.47. The minimum atomic E-state index is -0.502. The van der Waals surface area contributed by atoms with Crippen LogP contribution in [0.1, 0.15) is 46.1 Å². The summed E-state index contributed by atoms with van der Waals surface area (Å²) in [6.45, 7) is 11.9. The number of ether oxygens (including phenoxy) is 3. The molecule has 4 aromatic rings. The molecule has 1 aliphatic rings. The summed E-state index contributed by atoms with van der Waals surface area (Å²) in [7, 11) is 3.31. The SMILES string of the molecule is CCCCn1cc2c(n1)c(NCc1ccc(OC)cc1OC)nc1cc(N3CCN(C(=O)OC(C)(C)C)CC3)ccc12. The molecule has 1 aliphatic heterocycles. The van der Waals surface area contributed by atoms with E-state index in [0.717, 1.165) is 82.8 Å². The van der Waals surface area contributed by atoms with Gasteiger partial charge in [-0.25, -0.2) is 9.78 Å². The fraction of sp³-hybridized carbons (Fsp3) is 0.469. The largest absolute Gasteiger partial charge is 0.497 e. The summed E-state index contributed by atoms with van der Waals surface area (Å²) >= 11 is 0. The molecule has 3 heterocycles. The molecule has 0 radical (unpaired) electrons. The molecule has 0 bridgehead atoms. The van der Waals surface area contributed by atoms with Crippen molar-refractivity contribution < 1.29 is 19.0 Å². The molecule has 0 spiro atoms. The first-order valence-electron chi connectivity index (χ1n) is 14.7. The minimum Gasteiger partial charge on any atom is -0.497 e. The number of nitrogens with zero attached hydrogens (tertiary/aromatic N) is 5. The average molecular weight is 575 g/mol. The van der Waals surface area contributed by atoms with Crippen LogP contribution in [0.4, 0.5) is 16.3 Å². The maximum atomic E-state index is 12.5. The van der Waals surface area contributed by atoms with Gasteiger partial charge in [0.15, 0.2) is 5.82 Å². The first kappa shape index (κ1) is 29.3. The van der Waals surface area contributed by atoms with Gasteiger partial charge in [-0.2, -0.15) is 5.10 Å². The number of carbonyl (C=O) groups is 1. The molecule has 42 heavy (non-hydrogen) atoms. The zero-order valence-corrected chi connectivity index (χ0v) is 25.6. The van der Waals surface area contributed by atoms with Gasteiger partial charge in [0.05, 0.1) is 19.7 Å². The lowest BCUT2D eigenvalue weighted by atomic mass is 10.1. The molecular formula is C32H42N6O4. The monoisotopic (exact) mass is 574 g/mol. The lowest BCUT2D eigenvalue weighted by molar-refractivity contribution is 0.0240. The number of carbonyl (C=O) groups excluding carboxylic acids is 1. The Morgan fingerprint density at radius 1 is 1.00 bits per heavy atom. The van der Waals surface area contributed by atoms with Crippen LogP contribution in [0.5, 0.6) is 11.5 Å². The van der Waals surface area contributed by atoms with Crippen molar-refractivity contribution in [3.05, 3.63) is 48.2 Å². The zero-order chi connectivity index (χ0) is 29.9. The molecule has 2 aromatic carbocycles. The summed E-state index contributed by atoms with van der Waals surface area (Å²) in [6.07, 6.45) is 4.04. The summed E-state index contributed by atoms with van der Waals surface area (Å²) in [5, 5.41) is 10.6. The van der Waals surface area contributed by atoms with E-state index in [1.165, 1.54) is 0 Å². The van der Waals surface area contributed by atoms with Gasteiger partial charge in [-0.3, -0.25) is 4.68 Å². The number of anilines is 2. The normalized spacial score (nSPS) is 14.0. The Morgan fingerprint density at radius 2 is 1.79 bits per heavy atom. The molecule has 2 aromatic heterocycles. The van der Waals surface area contributed by atoms with E-state index in [4.69, 9.17) is 24.3 Å². The van der Waals surface area contributed by atoms with E-state index < -0.39 is 5.60 Å². The van der Waals surface area contributed by atoms with Crippen LogP contribution in [0.15, 0.2) is 42.6 Å². The lowest BCUT2D eigenvalue weighted by Gasteiger charge is -2.36. The Kier molecular flexibility index (Phi) is 8.61. The molecule has 1 amide bonds. The van der Waals surface area contributed by atoms with Crippen molar-refractivity contribution in [3.63, 3.8) is 0 Å². The van der Waals surface area contributed by atoms with Crippen molar-refractivity contribution in [2.45, 2.75) is 59.2 Å². The first-order chi connectivity index (χ1) is 20.2. The van der Waals surface area contributed by atoms with Crippen molar-refractivity contribution in [2.24, 2.45) is 0 Å². The summed E-state index contributed by atoms with van der Waals surface area (Å²) in [4.78, 5) is 21.7. The molecule has 0 aliphatic carbocycles. The zero-order valence-electron chi connectivity index (χ0n) is 25.6. The Hall–Kier alpha value is -4.21. The molecule has 0 saturated carbocycles. The van der Waals surface area contributed by atoms with Gasteiger partial charge in [-0.05, 0) is 51.5 Å². The lowest BCUT2D eigenvalue weighted by Crippen LogP contribution is -2.50. The van der Waals surface area contributed by atoms with Gasteiger partial charge in [0, 0.05) is 73.6 Å². The minimum absolute atomic E-state index is 0.256. The Morgan fingerprint density at radius 3 is 2.48 bits per heavy atom. The molecule has 224 valence electrons. The van der Waals surface area contributed by atoms with Crippen LogP contribution in [0, 0.1) is 0 Å². The van der Waals surface area contributed by atoms with E-state index in [2.05, 4.69) is 41.5 Å². The van der Waals surface area contributed by atoms with Crippen LogP contribution < -0.4 is 19.7 Å². The number of unbranched alkanes of at least 4 members (excludes halogenated alkanes) is 1. The maximum Gasteiger partial charge on any atom is 0.410 e. The molecule has 1 fully saturated rings. The number of fused-ring (bicyclic) bond motifs is 3. The van der Waals surface area contributed by atoms with Gasteiger partial charge in [0.2, 0.25) is 0 Å². The summed E-state index contributed by atoms with van der Waals surface area (Å²) in [5.74, 6) is 2.23. The van der Waals surface area contributed by atoms with Gasteiger partial charge in [0.1, 0.15) is 22.6 Å². The Bertz CT molecular complexity index is 1550. The predicted octanol–water partition coefficient (Wildman–Crippen LogP) is 6.07. The number of hydrogen-bond acceptors (Lipinski definition) is 8. The van der Waals surface area contributed by atoms with E-state index >= 15 is 0 Å². The standard InChI is InChI=1S/C32H42N6O4/c1-7-8-13-38-21-26-25-12-10-23(36-14-16-37(17-15-36)31(39)42-32(2,3)4)18-27(25)34-30(29(26)35-38)33-20-22-9-11-24(40-5)19-28(22)41-6/h9-12,18-19,21H,7-8,13-17,20H2,1-6H3,(H,33,34). The molecule has 5 rings (SSSR count). The molecule has 1 N–H and O–H groups in total. The second kappa shape index (κ2) is 12.3. The van der Waals surface area contributed by atoms with Crippen molar-refractivity contribution in [3.8, 4) is 11.5 Å². The molecular weight excluding hydrogens is 532 g/mol. The first-order valence-corrected chi connectivity index (χ1v) is 14.7. The molecule has 1 saturated heterocycles. The number of rotatable bonds is 9. The number of pyridine rings is 1. The van der Waals surface area contributed by atoms with Crippen molar-refractivity contribution >= 4 is 39.4 Å². The fourth-order valence-corrected chi connectivity index (χ4v) is 5.21. The van der Waals surface area contributed by atoms with Gasteiger partial charge in [-0.1, -0.05) is 19.4 Å². The molecule has 0 atom stereocenters. The number of piperazine rings is 1. The molecule has 10 heteroatoms. The van der Waals surface area contributed by atoms with Crippen molar-refractivity contribution in [1.29, 1.82) is 0 Å². The smallest absolute Gasteiger partial charge is 0.410 e. The topological polar surface area (TPSA) is 94.0 Å². The summed E-state index contributed by atoms with van der Waals surface area (Å²) < 4.78 is 18.6. The number of hydrogen-bond donors (Lipinski definition) is 1. The van der Waals surface area contributed by atoms with Crippen LogP contribution >= 0.6 is 0 Å². The highest BCUT2D eigenvalue weighted by Gasteiger charge is 2.26. The van der Waals surface area contributed by atoms with Crippen LogP contribution in [-0.4, -0.2) is 71.8 Å². The Labute approximate surface area is 247 Å². The van der Waals surface area contributed by atoms with Crippen LogP contribution in [0.25, 0.3) is 21.8 Å². The molecule has 0 unspecified atom stereocenters. The fourth-order valence-electron chi connectivity index (χ4n) is 5.21. The third-order valence-electron chi connectivity index (χ3n) is 7.47. The Balaban J connectivity index is 1.43. The predicted molar refractivity (Wildman–Crippen MR) is 167 cm³/mol. The van der Waals surface area contributed by atoms with Crippen molar-refractivity contribution in [2.75, 3.05) is 50.6 Å². The van der Waals surface area contributed by atoms with E-state index in [1.54, 1.807) is 19.1 Å². The maximum absolute atomic E-state index is 12.5. The number of amides is 1. The van der Waals surface area contributed by atoms with E-state index in [1.807, 2.05) is 43.7 Å². The van der Waals surface area contributed by atoms with E-state index in [-0.39, 0.29) is 6.09 Å².